The predicted molar refractivity (Wildman–Crippen MR) is 43.2 cm³/mol. The molecular weight excluding hydrogens is 140 g/mol. The summed E-state index contributed by atoms with van der Waals surface area (Å²) in [7, 11) is 0. The van der Waals surface area contributed by atoms with Crippen LogP contribution in [0.5, 0.6) is 0 Å². The molecule has 1 rings (SSSR count). The van der Waals surface area contributed by atoms with Crippen LogP contribution in [0.15, 0.2) is 0 Å². The van der Waals surface area contributed by atoms with Gasteiger partial charge in [-0.1, -0.05) is 13.8 Å². The van der Waals surface area contributed by atoms with E-state index in [-0.39, 0.29) is 11.9 Å². The number of rotatable bonds is 1. The summed E-state index contributed by atoms with van der Waals surface area (Å²) >= 11 is 0. The molecule has 0 aromatic carbocycles. The summed E-state index contributed by atoms with van der Waals surface area (Å²) in [6, 6.07) is 0. The number of hydrogen-bond donors (Lipinski definition) is 1. The molecule has 1 aliphatic carbocycles. The summed E-state index contributed by atoms with van der Waals surface area (Å²) in [6.45, 7) is 4.21. The van der Waals surface area contributed by atoms with Crippen molar-refractivity contribution in [3.63, 3.8) is 0 Å². The lowest BCUT2D eigenvalue weighted by Gasteiger charge is -2.27. The van der Waals surface area contributed by atoms with E-state index < -0.39 is 0 Å². The molecule has 0 aliphatic heterocycles. The third kappa shape index (κ3) is 2.29. The standard InChI is InChI=1S/C9H16O2/c1-6(2)7-3-8(10)5-9(11)4-7/h6-8,10H,3-5H2,1-2H3. The van der Waals surface area contributed by atoms with Gasteiger partial charge >= 0.3 is 0 Å². The smallest absolute Gasteiger partial charge is 0.135 e. The molecule has 0 saturated heterocycles. The number of aliphatic hydroxyl groups excluding tert-OH is 1. The summed E-state index contributed by atoms with van der Waals surface area (Å²) in [6.07, 6.45) is 1.49. The molecular formula is C9H16O2. The molecule has 0 radical (unpaired) electrons. The van der Waals surface area contributed by atoms with Crippen molar-refractivity contribution in [2.24, 2.45) is 11.8 Å². The number of Topliss-reactive ketones (excluding diaryl/α,β-unsaturated/α-hetero) is 1. The van der Waals surface area contributed by atoms with E-state index in [4.69, 9.17) is 0 Å². The molecule has 2 atom stereocenters. The Morgan fingerprint density at radius 3 is 2.55 bits per heavy atom. The predicted octanol–water partition coefficient (Wildman–Crippen LogP) is 1.37. The number of carbonyl (C=O) groups is 1. The van der Waals surface area contributed by atoms with Gasteiger partial charge in [0.2, 0.25) is 0 Å². The van der Waals surface area contributed by atoms with E-state index in [0.29, 0.717) is 24.7 Å². The Bertz CT molecular complexity index is 152. The first-order valence-electron chi connectivity index (χ1n) is 4.29. The lowest BCUT2D eigenvalue weighted by Crippen LogP contribution is -2.28. The zero-order valence-electron chi connectivity index (χ0n) is 7.21. The van der Waals surface area contributed by atoms with Gasteiger partial charge in [0.1, 0.15) is 5.78 Å². The average molecular weight is 156 g/mol. The highest BCUT2D eigenvalue weighted by molar-refractivity contribution is 5.79. The molecule has 1 fully saturated rings. The molecule has 11 heavy (non-hydrogen) atoms. The molecule has 0 aromatic heterocycles. The van der Waals surface area contributed by atoms with Crippen LogP contribution in [0.3, 0.4) is 0 Å². The molecule has 0 heterocycles. The monoisotopic (exact) mass is 156 g/mol. The van der Waals surface area contributed by atoms with Crippen LogP contribution in [-0.4, -0.2) is 17.0 Å². The van der Waals surface area contributed by atoms with Crippen LogP contribution >= 0.6 is 0 Å². The van der Waals surface area contributed by atoms with Gasteiger partial charge in [-0.2, -0.15) is 0 Å². The van der Waals surface area contributed by atoms with Crippen LogP contribution in [-0.2, 0) is 4.79 Å². The Morgan fingerprint density at radius 1 is 1.45 bits per heavy atom. The van der Waals surface area contributed by atoms with E-state index in [1.165, 1.54) is 0 Å². The molecule has 1 aliphatic rings. The molecule has 2 heteroatoms. The lowest BCUT2D eigenvalue weighted by molar-refractivity contribution is -0.125. The number of aliphatic hydroxyl groups is 1. The van der Waals surface area contributed by atoms with Gasteiger partial charge in [-0.25, -0.2) is 0 Å². The molecule has 0 amide bonds. The van der Waals surface area contributed by atoms with E-state index in [1.54, 1.807) is 0 Å². The van der Waals surface area contributed by atoms with Crippen molar-refractivity contribution in [1.82, 2.24) is 0 Å². The summed E-state index contributed by atoms with van der Waals surface area (Å²) in [5.74, 6) is 1.16. The second kappa shape index (κ2) is 3.35. The average Bonchev–Trinajstić information content (AvgIpc) is 1.85. The van der Waals surface area contributed by atoms with Gasteiger partial charge in [0, 0.05) is 12.8 Å². The Balaban J connectivity index is 2.49. The minimum atomic E-state index is -0.372. The lowest BCUT2D eigenvalue weighted by atomic mass is 9.80. The Kier molecular flexibility index (Phi) is 2.66. The first-order chi connectivity index (χ1) is 5.09. The fourth-order valence-corrected chi connectivity index (χ4v) is 1.66. The second-order valence-corrected chi connectivity index (χ2v) is 3.84. The van der Waals surface area contributed by atoms with Crippen molar-refractivity contribution in [2.75, 3.05) is 0 Å². The summed E-state index contributed by atoms with van der Waals surface area (Å²) < 4.78 is 0. The van der Waals surface area contributed by atoms with Crippen LogP contribution in [0.25, 0.3) is 0 Å². The van der Waals surface area contributed by atoms with Gasteiger partial charge in [-0.15, -0.1) is 0 Å². The molecule has 1 saturated carbocycles. The second-order valence-electron chi connectivity index (χ2n) is 3.84. The van der Waals surface area contributed by atoms with Crippen LogP contribution in [0, 0.1) is 11.8 Å². The maximum absolute atomic E-state index is 11.0. The van der Waals surface area contributed by atoms with Crippen LogP contribution in [0.2, 0.25) is 0 Å². The van der Waals surface area contributed by atoms with Crippen LogP contribution in [0.1, 0.15) is 33.1 Å². The van der Waals surface area contributed by atoms with E-state index in [0.717, 1.165) is 6.42 Å². The SMILES string of the molecule is CC(C)C1CC(=O)CC(O)C1. The largest absolute Gasteiger partial charge is 0.393 e. The maximum atomic E-state index is 11.0. The molecule has 1 N–H and O–H groups in total. The Hall–Kier alpha value is -0.370. The number of ketones is 1. The zero-order chi connectivity index (χ0) is 8.43. The highest BCUT2D eigenvalue weighted by atomic mass is 16.3. The van der Waals surface area contributed by atoms with E-state index in [1.807, 2.05) is 0 Å². The van der Waals surface area contributed by atoms with Crippen molar-refractivity contribution in [2.45, 2.75) is 39.2 Å². The normalized spacial score (nSPS) is 32.9. The first kappa shape index (κ1) is 8.72. The quantitative estimate of drug-likeness (QED) is 0.622. The van der Waals surface area contributed by atoms with Crippen LogP contribution < -0.4 is 0 Å². The fourth-order valence-electron chi connectivity index (χ4n) is 1.66. The Labute approximate surface area is 67.6 Å². The first-order valence-corrected chi connectivity index (χ1v) is 4.29. The van der Waals surface area contributed by atoms with Gasteiger partial charge in [0.15, 0.2) is 0 Å². The minimum absolute atomic E-state index is 0.224. The minimum Gasteiger partial charge on any atom is -0.393 e. The fraction of sp³-hybridized carbons (Fsp3) is 0.889. The van der Waals surface area contributed by atoms with Gasteiger partial charge in [0.25, 0.3) is 0 Å². The highest BCUT2D eigenvalue weighted by Crippen LogP contribution is 2.27. The molecule has 64 valence electrons. The third-order valence-electron chi connectivity index (χ3n) is 2.47. The molecule has 0 bridgehead atoms. The van der Waals surface area contributed by atoms with E-state index in [9.17, 15) is 9.90 Å². The number of carbonyl (C=O) groups excluding carboxylic acids is 1. The summed E-state index contributed by atoms with van der Waals surface area (Å²) in [4.78, 5) is 11.0. The molecule has 0 spiro atoms. The van der Waals surface area contributed by atoms with Gasteiger partial charge in [-0.3, -0.25) is 4.79 Å². The van der Waals surface area contributed by atoms with Crippen molar-refractivity contribution in [3.05, 3.63) is 0 Å². The van der Waals surface area contributed by atoms with Gasteiger partial charge in [-0.05, 0) is 18.3 Å². The topological polar surface area (TPSA) is 37.3 Å². The maximum Gasteiger partial charge on any atom is 0.135 e. The molecule has 2 nitrogen and oxygen atoms in total. The van der Waals surface area contributed by atoms with Gasteiger partial charge < -0.3 is 5.11 Å². The van der Waals surface area contributed by atoms with Crippen molar-refractivity contribution in [3.8, 4) is 0 Å². The van der Waals surface area contributed by atoms with E-state index in [2.05, 4.69) is 13.8 Å². The number of hydrogen-bond acceptors (Lipinski definition) is 2. The van der Waals surface area contributed by atoms with Gasteiger partial charge in [0.05, 0.1) is 6.10 Å². The Morgan fingerprint density at radius 2 is 2.09 bits per heavy atom. The van der Waals surface area contributed by atoms with E-state index >= 15 is 0 Å². The van der Waals surface area contributed by atoms with Crippen molar-refractivity contribution in [1.29, 1.82) is 0 Å². The summed E-state index contributed by atoms with van der Waals surface area (Å²) in [5, 5.41) is 9.28. The van der Waals surface area contributed by atoms with Crippen LogP contribution in [0.4, 0.5) is 0 Å². The molecule has 2 unspecified atom stereocenters. The van der Waals surface area contributed by atoms with Crippen molar-refractivity contribution < 1.29 is 9.90 Å². The zero-order valence-corrected chi connectivity index (χ0v) is 7.21. The highest BCUT2D eigenvalue weighted by Gasteiger charge is 2.27. The molecule has 0 aromatic rings. The third-order valence-corrected chi connectivity index (χ3v) is 2.47. The van der Waals surface area contributed by atoms with Crippen molar-refractivity contribution >= 4 is 5.78 Å². The summed E-state index contributed by atoms with van der Waals surface area (Å²) in [5.41, 5.74) is 0.